The second kappa shape index (κ2) is 9.97. The lowest BCUT2D eigenvalue weighted by Gasteiger charge is -2.12. The highest BCUT2D eigenvalue weighted by atomic mass is 127. The zero-order chi connectivity index (χ0) is 18.4. The molecule has 2 N–H and O–H groups in total. The molecule has 0 saturated heterocycles. The van der Waals surface area contributed by atoms with Crippen molar-refractivity contribution >= 4 is 44.2 Å². The van der Waals surface area contributed by atoms with Crippen LogP contribution < -0.4 is 0 Å². The molecule has 0 saturated carbocycles. The summed E-state index contributed by atoms with van der Waals surface area (Å²) in [5.74, 6) is 0.870. The van der Waals surface area contributed by atoms with Gasteiger partial charge >= 0.3 is 0 Å². The van der Waals surface area contributed by atoms with Gasteiger partial charge in [-0.2, -0.15) is 0 Å². The maximum absolute atomic E-state index is 10.4. The predicted octanol–water partition coefficient (Wildman–Crippen LogP) is 6.97. The maximum Gasteiger partial charge on any atom is 0.132 e. The summed E-state index contributed by atoms with van der Waals surface area (Å²) in [5.41, 5.74) is 3.06. The summed E-state index contributed by atoms with van der Waals surface area (Å²) in [4.78, 5) is 2.32. The first-order valence-corrected chi connectivity index (χ1v) is 11.9. The van der Waals surface area contributed by atoms with Crippen LogP contribution in [0.4, 0.5) is 0 Å². The Labute approximate surface area is 172 Å². The average Bonchev–Trinajstić information content (AvgIpc) is 2.62. The fraction of sp³-hybridized carbons (Fsp3) is 0.400. The lowest BCUT2D eigenvalue weighted by molar-refractivity contribution is 0.459. The van der Waals surface area contributed by atoms with Gasteiger partial charge in [0.15, 0.2) is 0 Å². The van der Waals surface area contributed by atoms with E-state index in [9.17, 15) is 10.2 Å². The SMILES string of the molecule is CCCCc1cc(SSc2cc(I)c(O)c(CC)c2)cc(CC)c1O. The van der Waals surface area contributed by atoms with Gasteiger partial charge in [-0.3, -0.25) is 0 Å². The summed E-state index contributed by atoms with van der Waals surface area (Å²) in [6, 6.07) is 8.29. The summed E-state index contributed by atoms with van der Waals surface area (Å²) in [7, 11) is 3.42. The Balaban J connectivity index is 2.21. The first kappa shape index (κ1) is 20.8. The van der Waals surface area contributed by atoms with E-state index in [-0.39, 0.29) is 0 Å². The Morgan fingerprint density at radius 3 is 1.88 bits per heavy atom. The van der Waals surface area contributed by atoms with Gasteiger partial charge in [-0.1, -0.05) is 48.8 Å². The number of rotatable bonds is 8. The van der Waals surface area contributed by atoms with Crippen LogP contribution in [-0.4, -0.2) is 10.2 Å². The molecule has 2 rings (SSSR count). The molecule has 0 aliphatic carbocycles. The molecule has 0 aliphatic rings. The average molecular weight is 488 g/mol. The van der Waals surface area contributed by atoms with Crippen molar-refractivity contribution in [3.63, 3.8) is 0 Å². The normalized spacial score (nSPS) is 11.0. The Bertz CT molecular complexity index is 732. The van der Waals surface area contributed by atoms with Crippen molar-refractivity contribution in [2.75, 3.05) is 0 Å². The van der Waals surface area contributed by atoms with Crippen molar-refractivity contribution in [3.05, 3.63) is 44.5 Å². The summed E-state index contributed by atoms with van der Waals surface area (Å²) in [5, 5.41) is 20.5. The first-order chi connectivity index (χ1) is 12.0. The van der Waals surface area contributed by atoms with Crippen molar-refractivity contribution < 1.29 is 10.2 Å². The van der Waals surface area contributed by atoms with E-state index in [2.05, 4.69) is 61.6 Å². The monoisotopic (exact) mass is 488 g/mol. The third-order valence-electron chi connectivity index (χ3n) is 4.15. The molecule has 0 unspecified atom stereocenters. The van der Waals surface area contributed by atoms with E-state index in [0.717, 1.165) is 57.3 Å². The number of aryl methyl sites for hydroxylation is 3. The standard InChI is InChI=1S/C20H25IO2S2/c1-4-7-8-15-11-16(9-13(5-2)19(15)22)24-25-17-10-14(6-3)20(23)18(21)12-17/h9-12,22-23H,4-8H2,1-3H3. The lowest BCUT2D eigenvalue weighted by atomic mass is 10.0. The van der Waals surface area contributed by atoms with Crippen molar-refractivity contribution in [2.45, 2.75) is 62.7 Å². The highest BCUT2D eigenvalue weighted by Gasteiger charge is 2.11. The van der Waals surface area contributed by atoms with Gasteiger partial charge in [0.05, 0.1) is 3.57 Å². The zero-order valence-electron chi connectivity index (χ0n) is 14.9. The van der Waals surface area contributed by atoms with Crippen LogP contribution in [-0.2, 0) is 19.3 Å². The van der Waals surface area contributed by atoms with Crippen LogP contribution in [0.1, 0.15) is 50.3 Å². The second-order valence-electron chi connectivity index (χ2n) is 5.98. The fourth-order valence-electron chi connectivity index (χ4n) is 2.65. The van der Waals surface area contributed by atoms with Gasteiger partial charge in [-0.15, -0.1) is 0 Å². The van der Waals surface area contributed by atoms with Crippen molar-refractivity contribution in [3.8, 4) is 11.5 Å². The predicted molar refractivity (Wildman–Crippen MR) is 118 cm³/mol. The molecule has 2 nitrogen and oxygen atoms in total. The van der Waals surface area contributed by atoms with Gasteiger partial charge in [0.1, 0.15) is 11.5 Å². The molecule has 0 spiro atoms. The molecule has 0 atom stereocenters. The van der Waals surface area contributed by atoms with Crippen LogP contribution in [0.2, 0.25) is 0 Å². The van der Waals surface area contributed by atoms with Crippen LogP contribution in [0.25, 0.3) is 0 Å². The summed E-state index contributed by atoms with van der Waals surface area (Å²) >= 11 is 2.18. The Hall–Kier alpha value is -0.530. The second-order valence-corrected chi connectivity index (χ2v) is 9.42. The number of phenols is 2. The zero-order valence-corrected chi connectivity index (χ0v) is 18.7. The summed E-state index contributed by atoms with van der Waals surface area (Å²) in [6.45, 7) is 6.31. The molecular weight excluding hydrogens is 463 g/mol. The molecule has 2 aromatic carbocycles. The van der Waals surface area contributed by atoms with Gasteiger partial charge < -0.3 is 10.2 Å². The Morgan fingerprint density at radius 2 is 1.32 bits per heavy atom. The molecule has 0 amide bonds. The smallest absolute Gasteiger partial charge is 0.132 e. The largest absolute Gasteiger partial charge is 0.507 e. The van der Waals surface area contributed by atoms with Gasteiger partial charge in [-0.25, -0.2) is 0 Å². The van der Waals surface area contributed by atoms with Gasteiger partial charge in [0, 0.05) is 9.79 Å². The first-order valence-electron chi connectivity index (χ1n) is 8.70. The van der Waals surface area contributed by atoms with Crippen LogP contribution in [0.3, 0.4) is 0 Å². The molecule has 0 fully saturated rings. The molecule has 0 radical (unpaired) electrons. The van der Waals surface area contributed by atoms with Crippen LogP contribution >= 0.6 is 44.2 Å². The number of aromatic hydroxyl groups is 2. The molecule has 136 valence electrons. The number of hydrogen-bond acceptors (Lipinski definition) is 4. The van der Waals surface area contributed by atoms with E-state index in [1.54, 1.807) is 21.6 Å². The topological polar surface area (TPSA) is 40.5 Å². The third kappa shape index (κ3) is 5.47. The number of phenolic OH excluding ortho intramolecular Hbond substituents is 2. The maximum atomic E-state index is 10.4. The van der Waals surface area contributed by atoms with E-state index in [0.29, 0.717) is 11.5 Å². The van der Waals surface area contributed by atoms with Gasteiger partial charge in [0.25, 0.3) is 0 Å². The molecule has 0 aliphatic heterocycles. The summed E-state index contributed by atoms with van der Waals surface area (Å²) < 4.78 is 0.892. The molecule has 0 bridgehead atoms. The molecule has 0 aromatic heterocycles. The Kier molecular flexibility index (Phi) is 8.29. The minimum atomic E-state index is 0.400. The number of hydrogen-bond donors (Lipinski definition) is 2. The summed E-state index contributed by atoms with van der Waals surface area (Å²) in [6.07, 6.45) is 4.79. The minimum absolute atomic E-state index is 0.400. The van der Waals surface area contributed by atoms with E-state index in [4.69, 9.17) is 0 Å². The Morgan fingerprint density at radius 1 is 0.800 bits per heavy atom. The van der Waals surface area contributed by atoms with E-state index < -0.39 is 0 Å². The minimum Gasteiger partial charge on any atom is -0.507 e. The van der Waals surface area contributed by atoms with Crippen LogP contribution in [0.5, 0.6) is 11.5 Å². The quantitative estimate of drug-likeness (QED) is 0.311. The number of unbranched alkanes of at least 4 members (excludes halogenated alkanes) is 1. The van der Waals surface area contributed by atoms with E-state index in [1.807, 2.05) is 6.07 Å². The number of halogens is 1. The van der Waals surface area contributed by atoms with Crippen molar-refractivity contribution in [1.29, 1.82) is 0 Å². The molecule has 2 aromatic rings. The van der Waals surface area contributed by atoms with E-state index >= 15 is 0 Å². The highest BCUT2D eigenvalue weighted by Crippen LogP contribution is 2.42. The van der Waals surface area contributed by atoms with Crippen LogP contribution in [0, 0.1) is 3.57 Å². The molecule has 0 heterocycles. The molecular formula is C20H25IO2S2. The molecule has 25 heavy (non-hydrogen) atoms. The highest BCUT2D eigenvalue weighted by molar-refractivity contribution is 14.1. The van der Waals surface area contributed by atoms with Gasteiger partial charge in [-0.05, 0) is 89.2 Å². The van der Waals surface area contributed by atoms with Crippen LogP contribution in [0.15, 0.2) is 34.1 Å². The fourth-order valence-corrected chi connectivity index (χ4v) is 5.62. The van der Waals surface area contributed by atoms with E-state index in [1.165, 1.54) is 4.90 Å². The van der Waals surface area contributed by atoms with Gasteiger partial charge in [0.2, 0.25) is 0 Å². The third-order valence-corrected chi connectivity index (χ3v) is 7.32. The van der Waals surface area contributed by atoms with Crippen molar-refractivity contribution in [2.24, 2.45) is 0 Å². The molecule has 5 heteroatoms. The lowest BCUT2D eigenvalue weighted by Crippen LogP contribution is -1.92. The number of benzene rings is 2. The van der Waals surface area contributed by atoms with Crippen molar-refractivity contribution in [1.82, 2.24) is 0 Å².